The molecule has 0 radical (unpaired) electrons. The Labute approximate surface area is 101 Å². The first-order chi connectivity index (χ1) is 7.65. The van der Waals surface area contributed by atoms with Gasteiger partial charge in [0, 0.05) is 10.5 Å². The Kier molecular flexibility index (Phi) is 3.19. The molecule has 0 spiro atoms. The molecule has 16 heavy (non-hydrogen) atoms. The van der Waals surface area contributed by atoms with Gasteiger partial charge in [-0.15, -0.1) is 0 Å². The molecule has 0 N–H and O–H groups in total. The highest BCUT2D eigenvalue weighted by molar-refractivity contribution is 9.10. The van der Waals surface area contributed by atoms with Crippen molar-refractivity contribution in [2.45, 2.75) is 6.92 Å². The monoisotopic (exact) mass is 281 g/mol. The van der Waals surface area contributed by atoms with Crippen LogP contribution >= 0.6 is 15.9 Å². The number of benzene rings is 1. The molecule has 0 unspecified atom stereocenters. The van der Waals surface area contributed by atoms with Gasteiger partial charge in [0.1, 0.15) is 5.75 Å². The van der Waals surface area contributed by atoms with Gasteiger partial charge in [-0.1, -0.05) is 22.0 Å². The zero-order valence-electron chi connectivity index (χ0n) is 8.58. The standard InChI is InChI=1S/C12H9BrFNO/c1-8-7-9(13)5-6-10(8)16-12-4-2-3-11(14)15-12/h2-7H,1H3. The minimum Gasteiger partial charge on any atom is -0.439 e. The number of aromatic nitrogens is 1. The third kappa shape index (κ3) is 2.58. The highest BCUT2D eigenvalue weighted by Crippen LogP contribution is 2.26. The second-order valence-corrected chi connectivity index (χ2v) is 4.23. The number of halogens is 2. The molecule has 1 aromatic heterocycles. The zero-order chi connectivity index (χ0) is 11.5. The van der Waals surface area contributed by atoms with Crippen LogP contribution in [-0.2, 0) is 0 Å². The minimum atomic E-state index is -0.549. The summed E-state index contributed by atoms with van der Waals surface area (Å²) in [5.41, 5.74) is 0.959. The minimum absolute atomic E-state index is 0.255. The maximum Gasteiger partial charge on any atom is 0.221 e. The van der Waals surface area contributed by atoms with Crippen LogP contribution in [0.1, 0.15) is 5.56 Å². The van der Waals surface area contributed by atoms with Gasteiger partial charge in [0.25, 0.3) is 0 Å². The molecule has 0 aliphatic rings. The van der Waals surface area contributed by atoms with Crippen LogP contribution in [0.4, 0.5) is 4.39 Å². The summed E-state index contributed by atoms with van der Waals surface area (Å²) in [6.45, 7) is 1.92. The van der Waals surface area contributed by atoms with Crippen LogP contribution in [-0.4, -0.2) is 4.98 Å². The average molecular weight is 282 g/mol. The lowest BCUT2D eigenvalue weighted by Gasteiger charge is -2.07. The van der Waals surface area contributed by atoms with E-state index >= 15 is 0 Å². The molecule has 0 saturated heterocycles. The molecule has 1 aromatic carbocycles. The van der Waals surface area contributed by atoms with Crippen molar-refractivity contribution in [1.82, 2.24) is 4.98 Å². The number of pyridine rings is 1. The van der Waals surface area contributed by atoms with Crippen molar-refractivity contribution < 1.29 is 9.13 Å². The van der Waals surface area contributed by atoms with E-state index in [4.69, 9.17) is 4.74 Å². The molecule has 2 rings (SSSR count). The maximum atomic E-state index is 12.8. The molecule has 0 fully saturated rings. The number of rotatable bonds is 2. The van der Waals surface area contributed by atoms with Crippen molar-refractivity contribution >= 4 is 15.9 Å². The molecule has 2 aromatic rings. The zero-order valence-corrected chi connectivity index (χ0v) is 10.2. The Bertz CT molecular complexity index is 516. The largest absolute Gasteiger partial charge is 0.439 e. The van der Waals surface area contributed by atoms with Crippen molar-refractivity contribution in [1.29, 1.82) is 0 Å². The second-order valence-electron chi connectivity index (χ2n) is 3.31. The van der Waals surface area contributed by atoms with E-state index in [9.17, 15) is 4.39 Å². The van der Waals surface area contributed by atoms with Gasteiger partial charge in [0.15, 0.2) is 0 Å². The van der Waals surface area contributed by atoms with Crippen LogP contribution in [0.2, 0.25) is 0 Å². The summed E-state index contributed by atoms with van der Waals surface area (Å²) in [6.07, 6.45) is 0. The molecular weight excluding hydrogens is 273 g/mol. The smallest absolute Gasteiger partial charge is 0.221 e. The van der Waals surface area contributed by atoms with Crippen molar-refractivity contribution in [3.63, 3.8) is 0 Å². The summed E-state index contributed by atoms with van der Waals surface area (Å²) in [5.74, 6) is 0.374. The van der Waals surface area contributed by atoms with Gasteiger partial charge in [-0.25, -0.2) is 0 Å². The summed E-state index contributed by atoms with van der Waals surface area (Å²) < 4.78 is 19.3. The maximum absolute atomic E-state index is 12.8. The van der Waals surface area contributed by atoms with Crippen molar-refractivity contribution in [3.05, 3.63) is 52.4 Å². The molecule has 2 nitrogen and oxygen atoms in total. The van der Waals surface area contributed by atoms with Crippen molar-refractivity contribution in [2.24, 2.45) is 0 Å². The van der Waals surface area contributed by atoms with E-state index in [2.05, 4.69) is 20.9 Å². The van der Waals surface area contributed by atoms with Gasteiger partial charge in [0.05, 0.1) is 0 Å². The molecule has 0 aliphatic heterocycles. The van der Waals surface area contributed by atoms with Gasteiger partial charge < -0.3 is 4.74 Å². The first kappa shape index (κ1) is 11.1. The summed E-state index contributed by atoms with van der Waals surface area (Å²) >= 11 is 3.36. The van der Waals surface area contributed by atoms with E-state index in [1.54, 1.807) is 12.1 Å². The summed E-state index contributed by atoms with van der Waals surface area (Å²) in [5, 5.41) is 0. The highest BCUT2D eigenvalue weighted by atomic mass is 79.9. The first-order valence-electron chi connectivity index (χ1n) is 4.72. The van der Waals surface area contributed by atoms with E-state index in [0.29, 0.717) is 5.75 Å². The average Bonchev–Trinajstić information content (AvgIpc) is 2.22. The number of aryl methyl sites for hydroxylation is 1. The van der Waals surface area contributed by atoms with E-state index in [1.807, 2.05) is 25.1 Å². The molecule has 0 amide bonds. The SMILES string of the molecule is Cc1cc(Br)ccc1Oc1cccc(F)n1. The molecule has 82 valence electrons. The number of hydrogen-bond donors (Lipinski definition) is 0. The topological polar surface area (TPSA) is 22.1 Å². The van der Waals surface area contributed by atoms with E-state index in [0.717, 1.165) is 10.0 Å². The summed E-state index contributed by atoms with van der Waals surface area (Å²) in [7, 11) is 0. The summed E-state index contributed by atoms with van der Waals surface area (Å²) in [6, 6.07) is 10.1. The van der Waals surface area contributed by atoms with Crippen LogP contribution in [0.5, 0.6) is 11.6 Å². The van der Waals surface area contributed by atoms with E-state index in [-0.39, 0.29) is 5.88 Å². The first-order valence-corrected chi connectivity index (χ1v) is 5.51. The van der Waals surface area contributed by atoms with Crippen LogP contribution in [0, 0.1) is 12.9 Å². The van der Waals surface area contributed by atoms with Crippen LogP contribution < -0.4 is 4.74 Å². The Morgan fingerprint density at radius 3 is 2.75 bits per heavy atom. The number of nitrogens with zero attached hydrogens (tertiary/aromatic N) is 1. The normalized spacial score (nSPS) is 10.2. The van der Waals surface area contributed by atoms with Gasteiger partial charge in [-0.05, 0) is 36.8 Å². The molecule has 0 saturated carbocycles. The Morgan fingerprint density at radius 1 is 1.25 bits per heavy atom. The van der Waals surface area contributed by atoms with Crippen molar-refractivity contribution in [2.75, 3.05) is 0 Å². The van der Waals surface area contributed by atoms with Gasteiger partial charge in [-0.2, -0.15) is 9.37 Å². The Morgan fingerprint density at radius 2 is 2.06 bits per heavy atom. The lowest BCUT2D eigenvalue weighted by atomic mass is 10.2. The second kappa shape index (κ2) is 4.61. The van der Waals surface area contributed by atoms with Crippen LogP contribution in [0.15, 0.2) is 40.9 Å². The fourth-order valence-electron chi connectivity index (χ4n) is 1.29. The third-order valence-electron chi connectivity index (χ3n) is 2.04. The van der Waals surface area contributed by atoms with E-state index in [1.165, 1.54) is 6.07 Å². The third-order valence-corrected chi connectivity index (χ3v) is 2.53. The Balaban J connectivity index is 2.27. The predicted molar refractivity (Wildman–Crippen MR) is 63.1 cm³/mol. The molecule has 1 heterocycles. The van der Waals surface area contributed by atoms with Gasteiger partial charge in [-0.3, -0.25) is 0 Å². The quantitative estimate of drug-likeness (QED) is 0.774. The number of ether oxygens (including phenoxy) is 1. The Hall–Kier alpha value is -1.42. The van der Waals surface area contributed by atoms with Gasteiger partial charge in [0.2, 0.25) is 11.8 Å². The van der Waals surface area contributed by atoms with Crippen LogP contribution in [0.25, 0.3) is 0 Å². The fourth-order valence-corrected chi connectivity index (χ4v) is 1.76. The lowest BCUT2D eigenvalue weighted by molar-refractivity contribution is 0.442. The summed E-state index contributed by atoms with van der Waals surface area (Å²) in [4.78, 5) is 3.63. The molecule has 0 bridgehead atoms. The highest BCUT2D eigenvalue weighted by Gasteiger charge is 2.03. The number of hydrogen-bond acceptors (Lipinski definition) is 2. The molecule has 0 aliphatic carbocycles. The van der Waals surface area contributed by atoms with Crippen molar-refractivity contribution in [3.8, 4) is 11.6 Å². The fraction of sp³-hybridized carbons (Fsp3) is 0.0833. The lowest BCUT2D eigenvalue weighted by Crippen LogP contribution is -1.91. The predicted octanol–water partition coefficient (Wildman–Crippen LogP) is 4.08. The molecule has 0 atom stereocenters. The molecular formula is C12H9BrFNO. The van der Waals surface area contributed by atoms with Gasteiger partial charge >= 0.3 is 0 Å². The molecule has 4 heteroatoms. The van der Waals surface area contributed by atoms with E-state index < -0.39 is 5.95 Å². The van der Waals surface area contributed by atoms with Crippen LogP contribution in [0.3, 0.4) is 0 Å².